The molecule has 0 saturated carbocycles. The first-order chi connectivity index (χ1) is 9.79. The molecule has 5 heteroatoms. The summed E-state index contributed by atoms with van der Waals surface area (Å²) >= 11 is 1.62. The van der Waals surface area contributed by atoms with Gasteiger partial charge in [0, 0.05) is 28.6 Å². The summed E-state index contributed by atoms with van der Waals surface area (Å²) in [6.45, 7) is 0.325. The molecule has 0 spiro atoms. The molecule has 0 radical (unpaired) electrons. The molecule has 0 bridgehead atoms. The van der Waals surface area contributed by atoms with Gasteiger partial charge in [-0.3, -0.25) is 0 Å². The Hall–Kier alpha value is -2.24. The molecule has 4 nitrogen and oxygen atoms in total. The van der Waals surface area contributed by atoms with E-state index in [4.69, 9.17) is 11.5 Å². The lowest BCUT2D eigenvalue weighted by molar-refractivity contribution is 1.03. The smallest absolute Gasteiger partial charge is 0.162 e. The largest absolute Gasteiger partial charge is 0.383 e. The van der Waals surface area contributed by atoms with Crippen molar-refractivity contribution in [1.82, 2.24) is 9.97 Å². The fourth-order valence-electron chi connectivity index (χ4n) is 2.06. The van der Waals surface area contributed by atoms with Gasteiger partial charge < -0.3 is 11.5 Å². The molecule has 3 aromatic rings. The highest BCUT2D eigenvalue weighted by atomic mass is 32.1. The maximum absolute atomic E-state index is 6.05. The van der Waals surface area contributed by atoms with Crippen molar-refractivity contribution in [3.63, 3.8) is 0 Å². The Kier molecular flexibility index (Phi) is 3.45. The number of nitrogens with zero attached hydrogens (tertiary/aromatic N) is 2. The van der Waals surface area contributed by atoms with Crippen molar-refractivity contribution in [2.24, 2.45) is 5.73 Å². The van der Waals surface area contributed by atoms with Crippen LogP contribution in [0.5, 0.6) is 0 Å². The Bertz CT molecular complexity index is 708. The summed E-state index contributed by atoms with van der Waals surface area (Å²) in [6, 6.07) is 11.8. The van der Waals surface area contributed by atoms with Gasteiger partial charge >= 0.3 is 0 Å². The summed E-state index contributed by atoms with van der Waals surface area (Å²) in [4.78, 5) is 9.03. The second-order valence-electron chi connectivity index (χ2n) is 4.34. The molecule has 4 N–H and O–H groups in total. The molecular formula is C15H14N4S. The van der Waals surface area contributed by atoms with Gasteiger partial charge in [0.05, 0.1) is 5.69 Å². The van der Waals surface area contributed by atoms with Gasteiger partial charge in [0.15, 0.2) is 5.82 Å². The number of benzene rings is 1. The summed E-state index contributed by atoms with van der Waals surface area (Å²) in [7, 11) is 0. The first kappa shape index (κ1) is 12.8. The molecule has 3 rings (SSSR count). The van der Waals surface area contributed by atoms with Crippen molar-refractivity contribution in [1.29, 1.82) is 0 Å². The first-order valence-corrected chi connectivity index (χ1v) is 7.18. The van der Waals surface area contributed by atoms with Crippen molar-refractivity contribution in [2.45, 2.75) is 6.54 Å². The fourth-order valence-corrected chi connectivity index (χ4v) is 2.70. The Morgan fingerprint density at radius 1 is 1.00 bits per heavy atom. The molecule has 0 aliphatic rings. The van der Waals surface area contributed by atoms with Crippen LogP contribution in [-0.4, -0.2) is 9.97 Å². The third kappa shape index (κ3) is 2.29. The van der Waals surface area contributed by atoms with E-state index in [1.807, 2.05) is 47.2 Å². The lowest BCUT2D eigenvalue weighted by atomic mass is 10.1. The summed E-state index contributed by atoms with van der Waals surface area (Å²) in [5, 5.41) is 4.05. The molecular weight excluding hydrogens is 268 g/mol. The molecule has 0 saturated heterocycles. The average Bonchev–Trinajstić information content (AvgIpc) is 3.01. The van der Waals surface area contributed by atoms with Crippen LogP contribution in [0.4, 0.5) is 5.82 Å². The lowest BCUT2D eigenvalue weighted by Gasteiger charge is -2.11. The monoisotopic (exact) mass is 282 g/mol. The number of thiophene rings is 1. The number of nitrogens with two attached hydrogens (primary N) is 2. The fraction of sp³-hybridized carbons (Fsp3) is 0.0667. The molecule has 100 valence electrons. The van der Waals surface area contributed by atoms with E-state index in [0.29, 0.717) is 18.2 Å². The summed E-state index contributed by atoms with van der Waals surface area (Å²) < 4.78 is 0. The van der Waals surface area contributed by atoms with E-state index < -0.39 is 0 Å². The zero-order valence-electron chi connectivity index (χ0n) is 10.8. The van der Waals surface area contributed by atoms with Crippen LogP contribution in [0.1, 0.15) is 5.56 Å². The van der Waals surface area contributed by atoms with E-state index in [2.05, 4.69) is 9.97 Å². The number of rotatable bonds is 3. The third-order valence-electron chi connectivity index (χ3n) is 3.07. The van der Waals surface area contributed by atoms with E-state index in [1.165, 1.54) is 0 Å². The number of anilines is 1. The second-order valence-corrected chi connectivity index (χ2v) is 5.12. The van der Waals surface area contributed by atoms with Gasteiger partial charge in [-0.25, -0.2) is 9.97 Å². The number of hydrogen-bond donors (Lipinski definition) is 2. The molecule has 0 aliphatic carbocycles. The van der Waals surface area contributed by atoms with Gasteiger partial charge in [0.25, 0.3) is 0 Å². The van der Waals surface area contributed by atoms with Gasteiger partial charge in [-0.05, 0) is 11.4 Å². The molecule has 0 unspecified atom stereocenters. The lowest BCUT2D eigenvalue weighted by Crippen LogP contribution is -2.09. The van der Waals surface area contributed by atoms with Crippen LogP contribution in [0.2, 0.25) is 0 Å². The van der Waals surface area contributed by atoms with E-state index in [-0.39, 0.29) is 0 Å². The highest BCUT2D eigenvalue weighted by molar-refractivity contribution is 7.08. The van der Waals surface area contributed by atoms with Crippen molar-refractivity contribution in [3.8, 4) is 22.6 Å². The highest BCUT2D eigenvalue weighted by Gasteiger charge is 2.14. The predicted octanol–water partition coefficient (Wildman–Crippen LogP) is 2.91. The minimum absolute atomic E-state index is 0.325. The van der Waals surface area contributed by atoms with Gasteiger partial charge in [-0.1, -0.05) is 30.3 Å². The van der Waals surface area contributed by atoms with Crippen LogP contribution in [0.15, 0.2) is 47.2 Å². The van der Waals surface area contributed by atoms with Crippen molar-refractivity contribution in [3.05, 3.63) is 52.7 Å². The van der Waals surface area contributed by atoms with Crippen LogP contribution in [-0.2, 0) is 6.54 Å². The van der Waals surface area contributed by atoms with Gasteiger partial charge in [-0.15, -0.1) is 0 Å². The Morgan fingerprint density at radius 3 is 2.45 bits per heavy atom. The quantitative estimate of drug-likeness (QED) is 0.774. The maximum atomic E-state index is 6.05. The van der Waals surface area contributed by atoms with Crippen LogP contribution in [0.3, 0.4) is 0 Å². The molecule has 0 amide bonds. The molecule has 20 heavy (non-hydrogen) atoms. The molecule has 0 fully saturated rings. The number of nitrogen functional groups attached to an aromatic ring is 1. The van der Waals surface area contributed by atoms with Crippen molar-refractivity contribution in [2.75, 3.05) is 5.73 Å². The maximum Gasteiger partial charge on any atom is 0.162 e. The number of aromatic nitrogens is 2. The minimum Gasteiger partial charge on any atom is -0.383 e. The third-order valence-corrected chi connectivity index (χ3v) is 3.75. The second kappa shape index (κ2) is 5.40. The SMILES string of the molecule is NCc1c(N)nc(-c2ccccc2)nc1-c1ccsc1. The van der Waals surface area contributed by atoms with Gasteiger partial charge in [0.1, 0.15) is 5.82 Å². The summed E-state index contributed by atoms with van der Waals surface area (Å²) in [5.41, 5.74) is 15.4. The van der Waals surface area contributed by atoms with E-state index in [0.717, 1.165) is 22.4 Å². The van der Waals surface area contributed by atoms with E-state index in [1.54, 1.807) is 11.3 Å². The molecule has 0 aliphatic heterocycles. The van der Waals surface area contributed by atoms with Crippen LogP contribution in [0, 0.1) is 0 Å². The van der Waals surface area contributed by atoms with E-state index in [9.17, 15) is 0 Å². The van der Waals surface area contributed by atoms with Gasteiger partial charge in [-0.2, -0.15) is 11.3 Å². The minimum atomic E-state index is 0.325. The summed E-state index contributed by atoms with van der Waals surface area (Å²) in [6.07, 6.45) is 0. The average molecular weight is 282 g/mol. The normalized spacial score (nSPS) is 10.7. The van der Waals surface area contributed by atoms with Crippen LogP contribution >= 0.6 is 11.3 Å². The van der Waals surface area contributed by atoms with Crippen molar-refractivity contribution >= 4 is 17.2 Å². The molecule has 0 atom stereocenters. The van der Waals surface area contributed by atoms with Crippen LogP contribution < -0.4 is 11.5 Å². The number of hydrogen-bond acceptors (Lipinski definition) is 5. The zero-order chi connectivity index (χ0) is 13.9. The zero-order valence-corrected chi connectivity index (χ0v) is 11.6. The molecule has 2 aromatic heterocycles. The first-order valence-electron chi connectivity index (χ1n) is 6.24. The molecule has 1 aromatic carbocycles. The van der Waals surface area contributed by atoms with Crippen molar-refractivity contribution < 1.29 is 0 Å². The Balaban J connectivity index is 2.20. The summed E-state index contributed by atoms with van der Waals surface area (Å²) in [5.74, 6) is 1.07. The van der Waals surface area contributed by atoms with Gasteiger partial charge in [0.2, 0.25) is 0 Å². The Morgan fingerprint density at radius 2 is 1.80 bits per heavy atom. The topological polar surface area (TPSA) is 77.8 Å². The van der Waals surface area contributed by atoms with Crippen LogP contribution in [0.25, 0.3) is 22.6 Å². The van der Waals surface area contributed by atoms with E-state index >= 15 is 0 Å². The standard InChI is InChI=1S/C15H14N4S/c16-8-12-13(11-6-7-20-9-11)18-15(19-14(12)17)10-4-2-1-3-5-10/h1-7,9H,8,16H2,(H2,17,18,19). The predicted molar refractivity (Wildman–Crippen MR) is 83.1 cm³/mol. The Labute approximate surface area is 121 Å². The highest BCUT2D eigenvalue weighted by Crippen LogP contribution is 2.29. The molecule has 2 heterocycles.